The van der Waals surface area contributed by atoms with Gasteiger partial charge in [0.25, 0.3) is 17.4 Å². The first kappa shape index (κ1) is 26.8. The zero-order valence-electron chi connectivity index (χ0n) is 20.5. The molecule has 2 amide bonds. The number of halogens is 4. The van der Waals surface area contributed by atoms with Gasteiger partial charge in [0, 0.05) is 12.0 Å². The van der Waals surface area contributed by atoms with Crippen LogP contribution < -0.4 is 16.2 Å². The number of aromatic nitrogens is 6. The standard InChI is InChI=1S/C23H24ClF3N8O4/c1-9-18(34-39-33-9)22(37)29-19(17(10-2-3-10)11-4-5-11)23(38)28-13-8-35(32-20(13)27)14(7-16(25)26)12-6-15(24)30-31-21(12)36/h6,8,10-11,14,16-17,19H,2-5,7H2,1H3,(H,28,38)(H,29,37)(H,31,36)/t14?,19-/m0/s1. The summed E-state index contributed by atoms with van der Waals surface area (Å²) < 4.78 is 47.2. The first-order chi connectivity index (χ1) is 18.6. The number of alkyl halides is 2. The number of carbonyl (C=O) groups excluding carboxylic acids is 2. The van der Waals surface area contributed by atoms with Crippen LogP contribution in [0.4, 0.5) is 18.9 Å². The van der Waals surface area contributed by atoms with Crippen LogP contribution in [-0.2, 0) is 4.79 Å². The van der Waals surface area contributed by atoms with Crippen LogP contribution >= 0.6 is 11.6 Å². The lowest BCUT2D eigenvalue weighted by Gasteiger charge is -2.27. The summed E-state index contributed by atoms with van der Waals surface area (Å²) in [5.74, 6) is -2.27. The number of hydrogen-bond acceptors (Lipinski definition) is 8. The molecule has 2 fully saturated rings. The van der Waals surface area contributed by atoms with E-state index in [9.17, 15) is 27.6 Å². The van der Waals surface area contributed by atoms with E-state index in [1.807, 2.05) is 0 Å². The van der Waals surface area contributed by atoms with E-state index in [-0.39, 0.29) is 39.9 Å². The number of anilines is 1. The number of rotatable bonds is 11. The molecule has 208 valence electrons. The molecule has 2 aliphatic carbocycles. The predicted molar refractivity (Wildman–Crippen MR) is 129 cm³/mol. The van der Waals surface area contributed by atoms with Gasteiger partial charge in [0.1, 0.15) is 22.6 Å². The average molecular weight is 569 g/mol. The zero-order chi connectivity index (χ0) is 27.8. The molecule has 0 aliphatic heterocycles. The molecule has 16 heteroatoms. The van der Waals surface area contributed by atoms with E-state index < -0.39 is 53.9 Å². The largest absolute Gasteiger partial charge is 0.338 e. The second kappa shape index (κ2) is 10.8. The van der Waals surface area contributed by atoms with E-state index in [0.29, 0.717) is 0 Å². The normalized spacial score (nSPS) is 16.9. The van der Waals surface area contributed by atoms with Crippen LogP contribution in [0.25, 0.3) is 0 Å². The van der Waals surface area contributed by atoms with Crippen molar-refractivity contribution in [3.63, 3.8) is 0 Å². The van der Waals surface area contributed by atoms with Crippen LogP contribution in [0.15, 0.2) is 21.7 Å². The molecule has 2 saturated carbocycles. The Morgan fingerprint density at radius 2 is 1.92 bits per heavy atom. The maximum Gasteiger partial charge on any atom is 0.276 e. The van der Waals surface area contributed by atoms with Crippen LogP contribution in [0, 0.1) is 30.6 Å². The molecule has 3 N–H and O–H groups in total. The second-order valence-corrected chi connectivity index (χ2v) is 10.2. The van der Waals surface area contributed by atoms with E-state index in [0.717, 1.165) is 42.6 Å². The molecule has 3 aromatic rings. The van der Waals surface area contributed by atoms with Gasteiger partial charge in [0.05, 0.1) is 12.2 Å². The van der Waals surface area contributed by atoms with Gasteiger partial charge in [-0.05, 0) is 61.6 Å². The Bertz CT molecular complexity index is 1420. The van der Waals surface area contributed by atoms with E-state index >= 15 is 0 Å². The van der Waals surface area contributed by atoms with Crippen molar-refractivity contribution in [3.05, 3.63) is 50.7 Å². The first-order valence-corrected chi connectivity index (χ1v) is 12.7. The highest BCUT2D eigenvalue weighted by Gasteiger charge is 2.48. The molecular formula is C23H24ClF3N8O4. The van der Waals surface area contributed by atoms with Gasteiger partial charge in [0.2, 0.25) is 12.3 Å². The van der Waals surface area contributed by atoms with Crippen LogP contribution in [0.3, 0.4) is 0 Å². The molecular weight excluding hydrogens is 545 g/mol. The Hall–Kier alpha value is -3.75. The summed E-state index contributed by atoms with van der Waals surface area (Å²) in [5, 5.41) is 21.4. The van der Waals surface area contributed by atoms with E-state index in [4.69, 9.17) is 11.6 Å². The van der Waals surface area contributed by atoms with Gasteiger partial charge in [-0.2, -0.15) is 9.49 Å². The van der Waals surface area contributed by atoms with Crippen molar-refractivity contribution >= 4 is 29.1 Å². The number of carbonyl (C=O) groups is 2. The number of nitrogens with one attached hydrogen (secondary N) is 3. The van der Waals surface area contributed by atoms with Crippen LogP contribution in [0.1, 0.15) is 59.9 Å². The molecule has 2 atom stereocenters. The van der Waals surface area contributed by atoms with Gasteiger partial charge in [0.15, 0.2) is 5.69 Å². The van der Waals surface area contributed by atoms with Crippen molar-refractivity contribution in [2.45, 2.75) is 57.5 Å². The molecule has 0 bridgehead atoms. The van der Waals surface area contributed by atoms with Crippen LogP contribution in [-0.4, -0.2) is 54.6 Å². The van der Waals surface area contributed by atoms with Crippen LogP contribution in [0.2, 0.25) is 5.15 Å². The SMILES string of the molecule is Cc1nonc1C(=O)N[C@H](C(=O)Nc1cn(C(CC(F)F)c2cc(Cl)n[nH]c2=O)nc1F)C(C1CC1)C1CC1. The lowest BCUT2D eigenvalue weighted by Crippen LogP contribution is -2.50. The van der Waals surface area contributed by atoms with E-state index in [1.165, 1.54) is 6.92 Å². The second-order valence-electron chi connectivity index (χ2n) is 9.82. The lowest BCUT2D eigenvalue weighted by molar-refractivity contribution is -0.119. The monoisotopic (exact) mass is 568 g/mol. The molecule has 39 heavy (non-hydrogen) atoms. The molecule has 0 aromatic carbocycles. The molecule has 5 rings (SSSR count). The number of aryl methyl sites for hydroxylation is 1. The van der Waals surface area contributed by atoms with Crippen molar-refractivity contribution in [1.82, 2.24) is 35.6 Å². The minimum Gasteiger partial charge on any atom is -0.338 e. The highest BCUT2D eigenvalue weighted by Crippen LogP contribution is 2.51. The third-order valence-corrected chi connectivity index (χ3v) is 7.17. The fourth-order valence-electron chi connectivity index (χ4n) is 4.89. The highest BCUT2D eigenvalue weighted by molar-refractivity contribution is 6.29. The van der Waals surface area contributed by atoms with Crippen molar-refractivity contribution in [3.8, 4) is 0 Å². The van der Waals surface area contributed by atoms with Gasteiger partial charge in [-0.25, -0.2) is 18.5 Å². The quantitative estimate of drug-likeness (QED) is 0.318. The topological polar surface area (TPSA) is 161 Å². The van der Waals surface area contributed by atoms with Crippen molar-refractivity contribution in [2.24, 2.45) is 17.8 Å². The summed E-state index contributed by atoms with van der Waals surface area (Å²) in [6.45, 7) is 1.53. The third kappa shape index (κ3) is 5.97. The van der Waals surface area contributed by atoms with Gasteiger partial charge in [-0.15, -0.1) is 5.10 Å². The maximum atomic E-state index is 14.9. The molecule has 1 unspecified atom stereocenters. The zero-order valence-corrected chi connectivity index (χ0v) is 21.3. The molecule has 0 radical (unpaired) electrons. The Morgan fingerprint density at radius 3 is 2.51 bits per heavy atom. The number of aromatic amines is 1. The molecule has 3 aromatic heterocycles. The Labute approximate surface area is 223 Å². The summed E-state index contributed by atoms with van der Waals surface area (Å²) in [5.41, 5.74) is -1.25. The summed E-state index contributed by atoms with van der Waals surface area (Å²) in [6, 6.07) is -1.35. The highest BCUT2D eigenvalue weighted by atomic mass is 35.5. The Kier molecular flexibility index (Phi) is 7.42. The van der Waals surface area contributed by atoms with Crippen LogP contribution in [0.5, 0.6) is 0 Å². The number of amides is 2. The summed E-state index contributed by atoms with van der Waals surface area (Å²) in [6.07, 6.45) is 0.853. The van der Waals surface area contributed by atoms with Crippen molar-refractivity contribution < 1.29 is 27.4 Å². The Morgan fingerprint density at radius 1 is 1.23 bits per heavy atom. The van der Waals surface area contributed by atoms with E-state index in [2.05, 4.69) is 40.9 Å². The summed E-state index contributed by atoms with van der Waals surface area (Å²) >= 11 is 5.83. The van der Waals surface area contributed by atoms with Gasteiger partial charge < -0.3 is 10.6 Å². The molecule has 0 spiro atoms. The maximum absolute atomic E-state index is 14.9. The summed E-state index contributed by atoms with van der Waals surface area (Å²) in [7, 11) is 0. The molecule has 3 heterocycles. The first-order valence-electron chi connectivity index (χ1n) is 12.3. The predicted octanol–water partition coefficient (Wildman–Crippen LogP) is 2.87. The van der Waals surface area contributed by atoms with Gasteiger partial charge in [-0.3, -0.25) is 19.1 Å². The van der Waals surface area contributed by atoms with Gasteiger partial charge >= 0.3 is 0 Å². The summed E-state index contributed by atoms with van der Waals surface area (Å²) in [4.78, 5) is 38.7. The van der Waals surface area contributed by atoms with Crippen molar-refractivity contribution in [1.29, 1.82) is 0 Å². The van der Waals surface area contributed by atoms with Gasteiger partial charge in [-0.1, -0.05) is 16.8 Å². The fraction of sp³-hybridized carbons (Fsp3) is 0.522. The molecule has 12 nitrogen and oxygen atoms in total. The molecule has 2 aliphatic rings. The van der Waals surface area contributed by atoms with E-state index in [1.54, 1.807) is 0 Å². The lowest BCUT2D eigenvalue weighted by atomic mass is 9.88. The minimum absolute atomic E-state index is 0.0757. The number of H-pyrrole nitrogens is 1. The Balaban J connectivity index is 1.42. The minimum atomic E-state index is -2.88. The van der Waals surface area contributed by atoms with Crippen molar-refractivity contribution in [2.75, 3.05) is 5.32 Å². The molecule has 0 saturated heterocycles. The number of nitrogens with zero attached hydrogens (tertiary/aromatic N) is 5. The third-order valence-electron chi connectivity index (χ3n) is 6.98. The smallest absolute Gasteiger partial charge is 0.276 e. The number of hydrogen-bond donors (Lipinski definition) is 3. The fourth-order valence-corrected chi connectivity index (χ4v) is 5.05. The average Bonchev–Trinajstić information content (AvgIpc) is 3.81.